The normalized spacial score (nSPS) is 9.50. The number of carboxylic acids is 1. The number of aromatic carboxylic acids is 1. The van der Waals surface area contributed by atoms with Gasteiger partial charge in [0.25, 0.3) is 0 Å². The molecule has 0 aliphatic heterocycles. The van der Waals surface area contributed by atoms with Gasteiger partial charge in [0.05, 0.1) is 16.1 Å². The smallest absolute Gasteiger partial charge is 0.338 e. The summed E-state index contributed by atoms with van der Waals surface area (Å²) in [5, 5.41) is 17.8. The average molecular weight is 210 g/mol. The topological polar surface area (TPSA) is 61.1 Å². The van der Waals surface area contributed by atoms with Crippen molar-refractivity contribution in [2.24, 2.45) is 0 Å². The quantitative estimate of drug-likeness (QED) is 0.814. The third kappa shape index (κ3) is 1.70. The van der Waals surface area contributed by atoms with Crippen molar-refractivity contribution in [1.82, 2.24) is 0 Å². The van der Waals surface area contributed by atoms with Crippen molar-refractivity contribution in [1.29, 1.82) is 5.26 Å². The summed E-state index contributed by atoms with van der Waals surface area (Å²) in [4.78, 5) is 10.8. The molecule has 0 unspecified atom stereocenters. The summed E-state index contributed by atoms with van der Waals surface area (Å²) >= 11 is 5.70. The van der Waals surface area contributed by atoms with E-state index in [1.165, 1.54) is 6.07 Å². The van der Waals surface area contributed by atoms with Gasteiger partial charge in [0.15, 0.2) is 0 Å². The van der Waals surface area contributed by atoms with Crippen molar-refractivity contribution >= 4 is 17.6 Å². The van der Waals surface area contributed by atoms with Gasteiger partial charge in [-0.25, -0.2) is 4.79 Å². The van der Waals surface area contributed by atoms with Crippen LogP contribution in [0.25, 0.3) is 0 Å². The molecule has 0 amide bonds. The van der Waals surface area contributed by atoms with E-state index in [0.717, 1.165) is 0 Å². The molecule has 72 valence electrons. The Morgan fingerprint density at radius 1 is 1.64 bits per heavy atom. The minimum Gasteiger partial charge on any atom is -0.478 e. The highest BCUT2D eigenvalue weighted by Gasteiger charge is 2.17. The molecular formula is C10H8ClNO2. The Bertz CT molecular complexity index is 421. The summed E-state index contributed by atoms with van der Waals surface area (Å²) in [6.45, 7) is 1.86. The minimum atomic E-state index is -1.16. The largest absolute Gasteiger partial charge is 0.478 e. The maximum Gasteiger partial charge on any atom is 0.338 e. The van der Waals surface area contributed by atoms with Crippen molar-refractivity contribution in [3.8, 4) is 6.07 Å². The SMILES string of the molecule is CCc1ccc(Cl)c(C(=O)O)c1C#N. The molecule has 0 bridgehead atoms. The number of rotatable bonds is 2. The molecule has 0 heterocycles. The Morgan fingerprint density at radius 2 is 2.29 bits per heavy atom. The maximum atomic E-state index is 10.8. The van der Waals surface area contributed by atoms with Gasteiger partial charge in [-0.1, -0.05) is 24.6 Å². The van der Waals surface area contributed by atoms with Gasteiger partial charge in [-0.2, -0.15) is 5.26 Å². The molecule has 0 radical (unpaired) electrons. The highest BCUT2D eigenvalue weighted by molar-refractivity contribution is 6.33. The second-order valence-corrected chi connectivity index (χ2v) is 3.13. The van der Waals surface area contributed by atoms with Crippen molar-refractivity contribution < 1.29 is 9.90 Å². The molecule has 0 aliphatic carbocycles. The van der Waals surface area contributed by atoms with E-state index in [-0.39, 0.29) is 16.1 Å². The van der Waals surface area contributed by atoms with Gasteiger partial charge in [-0.3, -0.25) is 0 Å². The van der Waals surface area contributed by atoms with Gasteiger partial charge in [0, 0.05) is 0 Å². The lowest BCUT2D eigenvalue weighted by Gasteiger charge is -2.05. The number of carbonyl (C=O) groups is 1. The molecule has 0 saturated carbocycles. The highest BCUT2D eigenvalue weighted by Crippen LogP contribution is 2.23. The van der Waals surface area contributed by atoms with E-state index < -0.39 is 5.97 Å². The predicted molar refractivity (Wildman–Crippen MR) is 52.5 cm³/mol. The molecule has 0 atom stereocenters. The second kappa shape index (κ2) is 4.12. The summed E-state index contributed by atoms with van der Waals surface area (Å²) in [6.07, 6.45) is 0.611. The van der Waals surface area contributed by atoms with Crippen LogP contribution < -0.4 is 0 Å². The first kappa shape index (κ1) is 10.6. The zero-order valence-electron chi connectivity index (χ0n) is 7.54. The van der Waals surface area contributed by atoms with Crippen molar-refractivity contribution in [2.75, 3.05) is 0 Å². The summed E-state index contributed by atoms with van der Waals surface area (Å²) in [5.41, 5.74) is 0.760. The van der Waals surface area contributed by atoms with Crippen LogP contribution in [0.1, 0.15) is 28.4 Å². The molecule has 0 fully saturated rings. The van der Waals surface area contributed by atoms with Crippen LogP contribution in [0, 0.1) is 11.3 Å². The van der Waals surface area contributed by atoms with Gasteiger partial charge in [0.1, 0.15) is 6.07 Å². The number of aryl methyl sites for hydroxylation is 1. The maximum absolute atomic E-state index is 10.8. The number of nitriles is 1. The number of hydrogen-bond donors (Lipinski definition) is 1. The van der Waals surface area contributed by atoms with Crippen LogP contribution in [-0.2, 0) is 6.42 Å². The van der Waals surface area contributed by atoms with Crippen LogP contribution in [0.2, 0.25) is 5.02 Å². The van der Waals surface area contributed by atoms with E-state index in [9.17, 15) is 4.79 Å². The molecule has 0 spiro atoms. The van der Waals surface area contributed by atoms with Crippen molar-refractivity contribution in [3.05, 3.63) is 33.8 Å². The van der Waals surface area contributed by atoms with Crippen LogP contribution in [0.3, 0.4) is 0 Å². The lowest BCUT2D eigenvalue weighted by molar-refractivity contribution is 0.0696. The fourth-order valence-electron chi connectivity index (χ4n) is 1.25. The zero-order chi connectivity index (χ0) is 10.7. The van der Waals surface area contributed by atoms with E-state index in [1.807, 2.05) is 13.0 Å². The van der Waals surface area contributed by atoms with E-state index >= 15 is 0 Å². The molecule has 0 aromatic heterocycles. The first-order valence-corrected chi connectivity index (χ1v) is 4.44. The molecule has 1 aromatic carbocycles. The highest BCUT2D eigenvalue weighted by atomic mass is 35.5. The standard InChI is InChI=1S/C10H8ClNO2/c1-2-6-3-4-8(11)9(10(13)14)7(6)5-12/h3-4H,2H2,1H3,(H,13,14). The summed E-state index contributed by atoms with van der Waals surface area (Å²) in [6, 6.07) is 5.05. The zero-order valence-corrected chi connectivity index (χ0v) is 8.30. The van der Waals surface area contributed by atoms with Gasteiger partial charge >= 0.3 is 5.97 Å². The summed E-state index contributed by atoms with van der Waals surface area (Å²) < 4.78 is 0. The minimum absolute atomic E-state index is 0.103. The summed E-state index contributed by atoms with van der Waals surface area (Å²) in [5.74, 6) is -1.16. The molecule has 1 N–H and O–H groups in total. The van der Waals surface area contributed by atoms with Crippen LogP contribution >= 0.6 is 11.6 Å². The molecule has 1 rings (SSSR count). The predicted octanol–water partition coefficient (Wildman–Crippen LogP) is 2.47. The number of carboxylic acid groups (broad SMARTS) is 1. The Labute approximate surface area is 86.5 Å². The van der Waals surface area contributed by atoms with Gasteiger partial charge in [-0.05, 0) is 18.1 Å². The van der Waals surface area contributed by atoms with Crippen LogP contribution in [0.4, 0.5) is 0 Å². The molecule has 4 heteroatoms. The molecule has 1 aromatic rings. The number of nitrogens with zero attached hydrogens (tertiary/aromatic N) is 1. The molecule has 0 saturated heterocycles. The first-order chi connectivity index (χ1) is 6.61. The number of benzene rings is 1. The average Bonchev–Trinajstić information content (AvgIpc) is 2.16. The van der Waals surface area contributed by atoms with Crippen molar-refractivity contribution in [3.63, 3.8) is 0 Å². The van der Waals surface area contributed by atoms with E-state index in [4.69, 9.17) is 22.0 Å². The summed E-state index contributed by atoms with van der Waals surface area (Å²) in [7, 11) is 0. The van der Waals surface area contributed by atoms with Crippen molar-refractivity contribution in [2.45, 2.75) is 13.3 Å². The first-order valence-electron chi connectivity index (χ1n) is 4.06. The third-order valence-electron chi connectivity index (χ3n) is 1.95. The van der Waals surface area contributed by atoms with E-state index in [1.54, 1.807) is 6.07 Å². The van der Waals surface area contributed by atoms with Crippen LogP contribution in [0.15, 0.2) is 12.1 Å². The van der Waals surface area contributed by atoms with Crippen LogP contribution in [-0.4, -0.2) is 11.1 Å². The number of halogens is 1. The van der Waals surface area contributed by atoms with Gasteiger partial charge < -0.3 is 5.11 Å². The number of hydrogen-bond acceptors (Lipinski definition) is 2. The molecular weight excluding hydrogens is 202 g/mol. The van der Waals surface area contributed by atoms with Crippen LogP contribution in [0.5, 0.6) is 0 Å². The fourth-order valence-corrected chi connectivity index (χ4v) is 1.49. The third-order valence-corrected chi connectivity index (χ3v) is 2.26. The Balaban J connectivity index is 3.53. The Kier molecular flexibility index (Phi) is 3.10. The Morgan fingerprint density at radius 3 is 2.71 bits per heavy atom. The lowest BCUT2D eigenvalue weighted by Crippen LogP contribution is -2.04. The second-order valence-electron chi connectivity index (χ2n) is 2.73. The monoisotopic (exact) mass is 209 g/mol. The molecule has 14 heavy (non-hydrogen) atoms. The van der Waals surface area contributed by atoms with Gasteiger partial charge in [0.2, 0.25) is 0 Å². The Hall–Kier alpha value is -1.53. The van der Waals surface area contributed by atoms with E-state index in [2.05, 4.69) is 0 Å². The molecule has 3 nitrogen and oxygen atoms in total. The van der Waals surface area contributed by atoms with E-state index in [0.29, 0.717) is 12.0 Å². The fraction of sp³-hybridized carbons (Fsp3) is 0.200. The molecule has 0 aliphatic rings. The lowest BCUT2D eigenvalue weighted by atomic mass is 10.0. The van der Waals surface area contributed by atoms with Gasteiger partial charge in [-0.15, -0.1) is 0 Å².